The first-order chi connectivity index (χ1) is 8.06. The number of hydrogen-bond acceptors (Lipinski definition) is 5. The van der Waals surface area contributed by atoms with Crippen LogP contribution < -0.4 is 9.29 Å². The maximum Gasteiger partial charge on any atom is 0.534 e. The largest absolute Gasteiger partial charge is 0.545 e. The van der Waals surface area contributed by atoms with Gasteiger partial charge in [0.2, 0.25) is 0 Å². The van der Waals surface area contributed by atoms with Gasteiger partial charge in [0.25, 0.3) is 0 Å². The third-order valence-corrected chi connectivity index (χ3v) is 2.95. The van der Waals surface area contributed by atoms with Gasteiger partial charge in [0, 0.05) is 11.1 Å². The number of aromatic carboxylic acids is 1. The molecule has 100 valence electrons. The standard InChI is InChI=1S/C9H7F3O5S/c1-5-6(8(13)14)3-2-4-7(5)17-18(15,16)9(10,11)12/h2-4H,1H3,(H,13,14)/p-1. The second-order valence-electron chi connectivity index (χ2n) is 3.20. The minimum atomic E-state index is -5.83. The lowest BCUT2D eigenvalue weighted by molar-refractivity contribution is -0.255. The van der Waals surface area contributed by atoms with Gasteiger partial charge >= 0.3 is 15.6 Å². The van der Waals surface area contributed by atoms with Crippen LogP contribution in [0.25, 0.3) is 0 Å². The van der Waals surface area contributed by atoms with E-state index in [1.54, 1.807) is 0 Å². The lowest BCUT2D eigenvalue weighted by atomic mass is 10.1. The Morgan fingerprint density at radius 2 is 1.89 bits per heavy atom. The molecule has 5 nitrogen and oxygen atoms in total. The van der Waals surface area contributed by atoms with Gasteiger partial charge in [-0.1, -0.05) is 12.1 Å². The number of benzene rings is 1. The first-order valence-corrected chi connectivity index (χ1v) is 5.79. The van der Waals surface area contributed by atoms with E-state index >= 15 is 0 Å². The van der Waals surface area contributed by atoms with Crippen LogP contribution in [-0.4, -0.2) is 19.9 Å². The molecule has 0 saturated heterocycles. The van der Waals surface area contributed by atoms with Gasteiger partial charge in [0.1, 0.15) is 5.75 Å². The van der Waals surface area contributed by atoms with E-state index in [1.807, 2.05) is 0 Å². The van der Waals surface area contributed by atoms with Crippen LogP contribution in [0.4, 0.5) is 13.2 Å². The summed E-state index contributed by atoms with van der Waals surface area (Å²) in [6, 6.07) is 3.00. The van der Waals surface area contributed by atoms with E-state index in [4.69, 9.17) is 0 Å². The Labute approximate surface area is 99.9 Å². The van der Waals surface area contributed by atoms with Crippen molar-refractivity contribution < 1.29 is 35.7 Å². The van der Waals surface area contributed by atoms with Gasteiger partial charge in [-0.15, -0.1) is 0 Å². The van der Waals surface area contributed by atoms with Crippen molar-refractivity contribution in [2.45, 2.75) is 12.4 Å². The number of rotatable bonds is 3. The van der Waals surface area contributed by atoms with E-state index in [1.165, 1.54) is 0 Å². The van der Waals surface area contributed by atoms with Gasteiger partial charge < -0.3 is 14.1 Å². The van der Waals surface area contributed by atoms with Gasteiger partial charge in [-0.25, -0.2) is 0 Å². The van der Waals surface area contributed by atoms with Crippen molar-refractivity contribution in [3.05, 3.63) is 29.3 Å². The second-order valence-corrected chi connectivity index (χ2v) is 4.74. The molecule has 0 saturated carbocycles. The molecular weight excluding hydrogens is 277 g/mol. The summed E-state index contributed by atoms with van der Waals surface area (Å²) in [5, 5.41) is 10.6. The molecule has 0 heterocycles. The average Bonchev–Trinajstić information content (AvgIpc) is 2.18. The molecular formula is C9H6F3O5S-. The third kappa shape index (κ3) is 2.73. The molecule has 0 bridgehead atoms. The van der Waals surface area contributed by atoms with E-state index in [-0.39, 0.29) is 5.56 Å². The number of hydrogen-bond donors (Lipinski definition) is 0. The van der Waals surface area contributed by atoms with Crippen molar-refractivity contribution in [2.75, 3.05) is 0 Å². The van der Waals surface area contributed by atoms with Crippen LogP contribution in [0, 0.1) is 6.92 Å². The summed E-state index contributed by atoms with van der Waals surface area (Å²) in [7, 11) is -5.83. The number of alkyl halides is 3. The third-order valence-electron chi connectivity index (χ3n) is 1.99. The molecule has 0 aliphatic heterocycles. The van der Waals surface area contributed by atoms with Crippen molar-refractivity contribution in [2.24, 2.45) is 0 Å². The van der Waals surface area contributed by atoms with E-state index < -0.39 is 32.9 Å². The van der Waals surface area contributed by atoms with Crippen LogP contribution in [0.3, 0.4) is 0 Å². The molecule has 1 aromatic carbocycles. The molecule has 0 amide bonds. The van der Waals surface area contributed by atoms with Crippen LogP contribution in [0.1, 0.15) is 15.9 Å². The quantitative estimate of drug-likeness (QED) is 0.598. The van der Waals surface area contributed by atoms with Crippen LogP contribution in [0.15, 0.2) is 18.2 Å². The Hall–Kier alpha value is -1.77. The van der Waals surface area contributed by atoms with Crippen LogP contribution in [-0.2, 0) is 10.1 Å². The molecule has 18 heavy (non-hydrogen) atoms. The first-order valence-electron chi connectivity index (χ1n) is 4.38. The Morgan fingerprint density at radius 1 is 1.33 bits per heavy atom. The SMILES string of the molecule is Cc1c(OS(=O)(=O)C(F)(F)F)cccc1C(=O)[O-]. The molecule has 0 unspecified atom stereocenters. The Bertz CT molecular complexity index is 576. The molecule has 0 aliphatic rings. The molecule has 0 radical (unpaired) electrons. The molecule has 0 aliphatic carbocycles. The summed E-state index contributed by atoms with van der Waals surface area (Å²) in [6.45, 7) is 1.10. The highest BCUT2D eigenvalue weighted by molar-refractivity contribution is 7.88. The Kier molecular flexibility index (Phi) is 3.56. The smallest absolute Gasteiger partial charge is 0.534 e. The summed E-state index contributed by atoms with van der Waals surface area (Å²) >= 11 is 0. The molecule has 0 fully saturated rings. The lowest BCUT2D eigenvalue weighted by Gasteiger charge is -2.14. The summed E-state index contributed by atoms with van der Waals surface area (Å²) in [5.74, 6) is -2.36. The monoisotopic (exact) mass is 283 g/mol. The van der Waals surface area contributed by atoms with Gasteiger partial charge in [0.15, 0.2) is 0 Å². The summed E-state index contributed by atoms with van der Waals surface area (Å²) in [4.78, 5) is 10.6. The predicted octanol–water partition coefficient (Wildman–Crippen LogP) is 0.587. The topological polar surface area (TPSA) is 83.5 Å². The highest BCUT2D eigenvalue weighted by Gasteiger charge is 2.48. The maximum atomic E-state index is 12.1. The summed E-state index contributed by atoms with van der Waals surface area (Å²) in [5.41, 5.74) is -6.31. The Morgan fingerprint density at radius 3 is 2.33 bits per heavy atom. The maximum absolute atomic E-state index is 12.1. The average molecular weight is 283 g/mol. The van der Waals surface area contributed by atoms with Gasteiger partial charge in [-0.05, 0) is 13.0 Å². The van der Waals surface area contributed by atoms with Crippen LogP contribution >= 0.6 is 0 Å². The molecule has 0 N–H and O–H groups in total. The fourth-order valence-corrected chi connectivity index (χ4v) is 1.60. The minimum Gasteiger partial charge on any atom is -0.545 e. The van der Waals surface area contributed by atoms with E-state index in [0.717, 1.165) is 25.1 Å². The number of halogens is 3. The van der Waals surface area contributed by atoms with Gasteiger partial charge in [-0.3, -0.25) is 0 Å². The van der Waals surface area contributed by atoms with E-state index in [2.05, 4.69) is 4.18 Å². The number of carbonyl (C=O) groups is 1. The van der Waals surface area contributed by atoms with Crippen molar-refractivity contribution >= 4 is 16.1 Å². The van der Waals surface area contributed by atoms with Crippen molar-refractivity contribution in [1.29, 1.82) is 0 Å². The molecule has 0 atom stereocenters. The molecule has 0 aromatic heterocycles. The zero-order valence-electron chi connectivity index (χ0n) is 8.82. The fourth-order valence-electron chi connectivity index (χ4n) is 1.09. The van der Waals surface area contributed by atoms with Crippen LogP contribution in [0.5, 0.6) is 5.75 Å². The molecule has 0 spiro atoms. The number of carboxylic acid groups (broad SMARTS) is 1. The number of carboxylic acids is 1. The van der Waals surface area contributed by atoms with Gasteiger partial charge in [0.05, 0.1) is 5.97 Å². The minimum absolute atomic E-state index is 0.273. The van der Waals surface area contributed by atoms with Crippen molar-refractivity contribution in [3.63, 3.8) is 0 Å². The molecule has 9 heteroatoms. The highest BCUT2D eigenvalue weighted by atomic mass is 32.2. The van der Waals surface area contributed by atoms with Gasteiger partial charge in [-0.2, -0.15) is 21.6 Å². The lowest BCUT2D eigenvalue weighted by Crippen LogP contribution is -2.29. The zero-order valence-corrected chi connectivity index (χ0v) is 9.63. The van der Waals surface area contributed by atoms with E-state index in [0.29, 0.717) is 0 Å². The fraction of sp³-hybridized carbons (Fsp3) is 0.222. The highest BCUT2D eigenvalue weighted by Crippen LogP contribution is 2.29. The Balaban J connectivity index is 3.23. The summed E-state index contributed by atoms with van der Waals surface area (Å²) in [6.07, 6.45) is 0. The van der Waals surface area contributed by atoms with Crippen LogP contribution in [0.2, 0.25) is 0 Å². The first kappa shape index (κ1) is 14.3. The number of carbonyl (C=O) groups excluding carboxylic acids is 1. The molecule has 1 rings (SSSR count). The van der Waals surface area contributed by atoms with Crippen molar-refractivity contribution in [1.82, 2.24) is 0 Å². The van der Waals surface area contributed by atoms with Crippen molar-refractivity contribution in [3.8, 4) is 5.75 Å². The zero-order chi connectivity index (χ0) is 14.1. The molecule has 1 aromatic rings. The van der Waals surface area contributed by atoms with E-state index in [9.17, 15) is 31.5 Å². The second kappa shape index (κ2) is 4.48. The normalized spacial score (nSPS) is 12.2. The predicted molar refractivity (Wildman–Crippen MR) is 51.1 cm³/mol. The summed E-state index contributed by atoms with van der Waals surface area (Å²) < 4.78 is 61.5.